The molecule has 1 atom stereocenters. The maximum Gasteiger partial charge on any atom is 0.261 e. The van der Waals surface area contributed by atoms with Gasteiger partial charge in [0, 0.05) is 11.0 Å². The quantitative estimate of drug-likeness (QED) is 0.862. The van der Waals surface area contributed by atoms with Crippen LogP contribution in [0.4, 0.5) is 0 Å². The van der Waals surface area contributed by atoms with Gasteiger partial charge in [0.1, 0.15) is 0 Å². The molecule has 0 aliphatic carbocycles. The van der Waals surface area contributed by atoms with E-state index < -0.39 is 0 Å². The lowest BCUT2D eigenvalue weighted by atomic mass is 10.1. The molecule has 1 aromatic rings. The molecule has 2 rings (SSSR count). The largest absolute Gasteiger partial charge is 0.351 e. The molecule has 16 heavy (non-hydrogen) atoms. The number of amides is 1. The average Bonchev–Trinajstić information content (AvgIpc) is 2.86. The van der Waals surface area contributed by atoms with Gasteiger partial charge in [-0.1, -0.05) is 0 Å². The summed E-state index contributed by atoms with van der Waals surface area (Å²) in [6, 6.07) is 1.84. The van der Waals surface area contributed by atoms with Gasteiger partial charge in [0.25, 0.3) is 5.91 Å². The van der Waals surface area contributed by atoms with Crippen molar-refractivity contribution in [3.63, 3.8) is 0 Å². The SMILES string of the molecule is O=C(NCC1CCNC1)c1cc(Br)c(Br)s1. The number of hydrogen-bond donors (Lipinski definition) is 2. The molecule has 6 heteroatoms. The van der Waals surface area contributed by atoms with E-state index in [1.807, 2.05) is 6.07 Å². The second kappa shape index (κ2) is 5.62. The number of thiophene rings is 1. The van der Waals surface area contributed by atoms with Gasteiger partial charge in [-0.2, -0.15) is 0 Å². The fraction of sp³-hybridized carbons (Fsp3) is 0.500. The third kappa shape index (κ3) is 3.06. The molecule has 88 valence electrons. The van der Waals surface area contributed by atoms with Crippen molar-refractivity contribution in [1.82, 2.24) is 10.6 Å². The van der Waals surface area contributed by atoms with E-state index in [2.05, 4.69) is 42.5 Å². The number of carbonyl (C=O) groups excluding carboxylic acids is 1. The number of nitrogens with one attached hydrogen (secondary N) is 2. The van der Waals surface area contributed by atoms with Gasteiger partial charge in [0.15, 0.2) is 0 Å². The Morgan fingerprint density at radius 1 is 1.62 bits per heavy atom. The van der Waals surface area contributed by atoms with Crippen molar-refractivity contribution in [2.75, 3.05) is 19.6 Å². The zero-order chi connectivity index (χ0) is 11.5. The second-order valence-corrected chi connectivity index (χ2v) is 7.03. The Morgan fingerprint density at radius 2 is 2.44 bits per heavy atom. The Bertz CT molecular complexity index is 369. The van der Waals surface area contributed by atoms with Crippen LogP contribution in [0.2, 0.25) is 0 Å². The van der Waals surface area contributed by atoms with E-state index in [1.165, 1.54) is 11.3 Å². The van der Waals surface area contributed by atoms with Crippen LogP contribution >= 0.6 is 43.2 Å². The zero-order valence-corrected chi connectivity index (χ0v) is 12.5. The maximum absolute atomic E-state index is 11.8. The molecule has 0 bridgehead atoms. The van der Waals surface area contributed by atoms with Crippen molar-refractivity contribution < 1.29 is 4.79 Å². The summed E-state index contributed by atoms with van der Waals surface area (Å²) in [5, 5.41) is 6.26. The van der Waals surface area contributed by atoms with Crippen molar-refractivity contribution in [1.29, 1.82) is 0 Å². The predicted molar refractivity (Wildman–Crippen MR) is 73.0 cm³/mol. The second-order valence-electron chi connectivity index (χ2n) is 3.80. The summed E-state index contributed by atoms with van der Waals surface area (Å²) in [5.41, 5.74) is 0. The summed E-state index contributed by atoms with van der Waals surface area (Å²) >= 11 is 8.21. The van der Waals surface area contributed by atoms with Crippen LogP contribution in [0.1, 0.15) is 16.1 Å². The molecule has 3 nitrogen and oxygen atoms in total. The van der Waals surface area contributed by atoms with Crippen LogP contribution in [0, 0.1) is 5.92 Å². The Labute approximate surface area is 115 Å². The van der Waals surface area contributed by atoms with E-state index in [1.54, 1.807) is 0 Å². The molecule has 1 aliphatic rings. The molecular weight excluding hydrogens is 356 g/mol. The van der Waals surface area contributed by atoms with Crippen LogP contribution < -0.4 is 10.6 Å². The molecule has 1 aromatic heterocycles. The molecule has 1 saturated heterocycles. The number of halogens is 2. The van der Waals surface area contributed by atoms with Gasteiger partial charge in [-0.3, -0.25) is 4.79 Å². The van der Waals surface area contributed by atoms with Gasteiger partial charge in [0.05, 0.1) is 8.66 Å². The van der Waals surface area contributed by atoms with Gasteiger partial charge in [-0.25, -0.2) is 0 Å². The molecule has 0 spiro atoms. The van der Waals surface area contributed by atoms with Crippen LogP contribution in [-0.4, -0.2) is 25.5 Å². The highest BCUT2D eigenvalue weighted by atomic mass is 79.9. The summed E-state index contributed by atoms with van der Waals surface area (Å²) in [6.07, 6.45) is 1.15. The van der Waals surface area contributed by atoms with Gasteiger partial charge in [-0.05, 0) is 63.4 Å². The molecule has 0 radical (unpaired) electrons. The minimum atomic E-state index is 0.0169. The maximum atomic E-state index is 11.8. The van der Waals surface area contributed by atoms with Gasteiger partial charge >= 0.3 is 0 Å². The van der Waals surface area contributed by atoms with Crippen molar-refractivity contribution in [3.8, 4) is 0 Å². The van der Waals surface area contributed by atoms with E-state index in [9.17, 15) is 4.79 Å². The third-order valence-electron chi connectivity index (χ3n) is 2.58. The topological polar surface area (TPSA) is 41.1 Å². The zero-order valence-electron chi connectivity index (χ0n) is 8.56. The number of carbonyl (C=O) groups is 1. The third-order valence-corrected chi connectivity index (χ3v) is 5.84. The lowest BCUT2D eigenvalue weighted by molar-refractivity contribution is 0.0952. The highest BCUT2D eigenvalue weighted by Crippen LogP contribution is 2.32. The van der Waals surface area contributed by atoms with E-state index in [4.69, 9.17) is 0 Å². The smallest absolute Gasteiger partial charge is 0.261 e. The minimum absolute atomic E-state index is 0.0169. The summed E-state index contributed by atoms with van der Waals surface area (Å²) in [4.78, 5) is 12.5. The Balaban J connectivity index is 1.87. The van der Waals surface area contributed by atoms with Crippen LogP contribution in [-0.2, 0) is 0 Å². The molecule has 0 aromatic carbocycles. The fourth-order valence-electron chi connectivity index (χ4n) is 1.67. The van der Waals surface area contributed by atoms with E-state index in [0.717, 1.165) is 39.2 Å². The van der Waals surface area contributed by atoms with Crippen LogP contribution in [0.5, 0.6) is 0 Å². The summed E-state index contributed by atoms with van der Waals surface area (Å²) in [5.74, 6) is 0.596. The average molecular weight is 368 g/mol. The minimum Gasteiger partial charge on any atom is -0.351 e. The number of rotatable bonds is 3. The highest BCUT2D eigenvalue weighted by Gasteiger charge is 2.17. The van der Waals surface area contributed by atoms with Crippen molar-refractivity contribution in [2.24, 2.45) is 5.92 Å². The van der Waals surface area contributed by atoms with E-state index in [-0.39, 0.29) is 5.91 Å². The monoisotopic (exact) mass is 366 g/mol. The lowest BCUT2D eigenvalue weighted by Gasteiger charge is -2.08. The molecule has 2 N–H and O–H groups in total. The van der Waals surface area contributed by atoms with Gasteiger partial charge < -0.3 is 10.6 Å². The Kier molecular flexibility index (Phi) is 4.41. The van der Waals surface area contributed by atoms with Crippen molar-refractivity contribution >= 4 is 49.1 Å². The summed E-state index contributed by atoms with van der Waals surface area (Å²) < 4.78 is 1.89. The van der Waals surface area contributed by atoms with Crippen LogP contribution in [0.15, 0.2) is 14.3 Å². The first-order valence-corrected chi connectivity index (χ1v) is 7.51. The fourth-order valence-corrected chi connectivity index (χ4v) is 3.62. The predicted octanol–water partition coefficient (Wildman–Crippen LogP) is 2.61. The first kappa shape index (κ1) is 12.5. The summed E-state index contributed by atoms with van der Waals surface area (Å²) in [6.45, 7) is 2.84. The Morgan fingerprint density at radius 3 is 3.00 bits per heavy atom. The molecule has 1 fully saturated rings. The standard InChI is InChI=1S/C10H12Br2N2OS/c11-7-3-8(16-9(7)12)10(15)14-5-6-1-2-13-4-6/h3,6,13H,1-2,4-5H2,(H,14,15). The highest BCUT2D eigenvalue weighted by molar-refractivity contribution is 9.13. The lowest BCUT2D eigenvalue weighted by Crippen LogP contribution is -2.29. The molecule has 1 unspecified atom stereocenters. The molecule has 1 aliphatic heterocycles. The first-order valence-electron chi connectivity index (χ1n) is 5.10. The van der Waals surface area contributed by atoms with Crippen LogP contribution in [0.25, 0.3) is 0 Å². The van der Waals surface area contributed by atoms with Crippen molar-refractivity contribution in [3.05, 3.63) is 19.2 Å². The molecule has 2 heterocycles. The molecular formula is C10H12Br2N2OS. The van der Waals surface area contributed by atoms with E-state index >= 15 is 0 Å². The van der Waals surface area contributed by atoms with Gasteiger partial charge in [-0.15, -0.1) is 11.3 Å². The van der Waals surface area contributed by atoms with Crippen molar-refractivity contribution in [2.45, 2.75) is 6.42 Å². The molecule has 0 saturated carbocycles. The van der Waals surface area contributed by atoms with Crippen LogP contribution in [0.3, 0.4) is 0 Å². The molecule has 1 amide bonds. The normalized spacial score (nSPS) is 20.0. The summed E-state index contributed by atoms with van der Waals surface area (Å²) in [7, 11) is 0. The Hall–Kier alpha value is 0.0900. The van der Waals surface area contributed by atoms with E-state index in [0.29, 0.717) is 5.92 Å². The van der Waals surface area contributed by atoms with Gasteiger partial charge in [0.2, 0.25) is 0 Å². The first-order chi connectivity index (χ1) is 7.66. The number of hydrogen-bond acceptors (Lipinski definition) is 3.